The van der Waals surface area contributed by atoms with Gasteiger partial charge in [-0.15, -0.1) is 11.3 Å². The minimum absolute atomic E-state index is 0.0295. The molecule has 0 aliphatic rings. The molecular weight excluding hydrogens is 302 g/mol. The smallest absolute Gasteiger partial charge is 0.150 e. The summed E-state index contributed by atoms with van der Waals surface area (Å²) in [6.45, 7) is 2.01. The van der Waals surface area contributed by atoms with E-state index in [9.17, 15) is 0 Å². The van der Waals surface area contributed by atoms with Gasteiger partial charge in [0.15, 0.2) is 5.82 Å². The first-order valence-corrected chi connectivity index (χ1v) is 8.00. The van der Waals surface area contributed by atoms with E-state index in [4.69, 9.17) is 17.3 Å². The van der Waals surface area contributed by atoms with Crippen molar-refractivity contribution in [3.63, 3.8) is 0 Å². The predicted molar refractivity (Wildman–Crippen MR) is 88.8 cm³/mol. The van der Waals surface area contributed by atoms with Gasteiger partial charge in [-0.1, -0.05) is 29.8 Å². The van der Waals surface area contributed by atoms with Crippen molar-refractivity contribution < 1.29 is 0 Å². The predicted octanol–water partition coefficient (Wildman–Crippen LogP) is 4.20. The van der Waals surface area contributed by atoms with Crippen molar-refractivity contribution in [1.82, 2.24) is 9.55 Å². The highest BCUT2D eigenvalue weighted by molar-refractivity contribution is 7.13. The van der Waals surface area contributed by atoms with Gasteiger partial charge in [0, 0.05) is 23.5 Å². The zero-order valence-electron chi connectivity index (χ0n) is 11.6. The van der Waals surface area contributed by atoms with Crippen LogP contribution in [0.4, 0.5) is 0 Å². The first-order chi connectivity index (χ1) is 10.2. The van der Waals surface area contributed by atoms with Gasteiger partial charge < -0.3 is 10.3 Å². The molecule has 0 radical (unpaired) electrons. The lowest BCUT2D eigenvalue weighted by Crippen LogP contribution is -2.30. The molecule has 3 rings (SSSR count). The fourth-order valence-electron chi connectivity index (χ4n) is 2.51. The van der Waals surface area contributed by atoms with E-state index in [1.165, 1.54) is 0 Å². The first-order valence-electron chi connectivity index (χ1n) is 6.74. The molecule has 2 N–H and O–H groups in total. The van der Waals surface area contributed by atoms with Gasteiger partial charge >= 0.3 is 0 Å². The zero-order chi connectivity index (χ0) is 14.8. The maximum atomic E-state index is 6.24. The summed E-state index contributed by atoms with van der Waals surface area (Å²) in [5.74, 6) is 0.947. The largest absolute Gasteiger partial charge is 0.326 e. The maximum absolute atomic E-state index is 6.24. The highest BCUT2D eigenvalue weighted by Gasteiger charge is 2.21. The number of benzene rings is 1. The van der Waals surface area contributed by atoms with Gasteiger partial charge in [-0.05, 0) is 36.1 Å². The Labute approximate surface area is 133 Å². The van der Waals surface area contributed by atoms with E-state index in [0.717, 1.165) is 21.3 Å². The van der Waals surface area contributed by atoms with Crippen LogP contribution < -0.4 is 5.73 Å². The molecule has 0 aliphatic heterocycles. The van der Waals surface area contributed by atoms with Crippen molar-refractivity contribution in [1.29, 1.82) is 0 Å². The Balaban J connectivity index is 2.07. The number of thiophene rings is 1. The molecule has 3 aromatic rings. The Morgan fingerprint density at radius 3 is 2.62 bits per heavy atom. The van der Waals surface area contributed by atoms with Gasteiger partial charge in [0.1, 0.15) is 0 Å². The Hall–Kier alpha value is -1.62. The second-order valence-corrected chi connectivity index (χ2v) is 6.38. The van der Waals surface area contributed by atoms with Crippen LogP contribution in [0, 0.1) is 0 Å². The van der Waals surface area contributed by atoms with E-state index in [1.54, 1.807) is 11.3 Å². The number of nitrogens with zero attached hydrogens (tertiary/aromatic N) is 2. The summed E-state index contributed by atoms with van der Waals surface area (Å²) in [6.07, 6.45) is 3.80. The summed E-state index contributed by atoms with van der Waals surface area (Å²) in [6, 6.07) is 11.9. The minimum atomic E-state index is -0.0425. The minimum Gasteiger partial charge on any atom is -0.326 e. The Morgan fingerprint density at radius 2 is 2.00 bits per heavy atom. The Kier molecular flexibility index (Phi) is 4.10. The molecule has 3 nitrogen and oxygen atoms in total. The number of halogens is 1. The van der Waals surface area contributed by atoms with E-state index >= 15 is 0 Å². The van der Waals surface area contributed by atoms with Gasteiger partial charge in [0.2, 0.25) is 0 Å². The monoisotopic (exact) mass is 317 g/mol. The molecule has 0 saturated heterocycles. The zero-order valence-corrected chi connectivity index (χ0v) is 13.2. The van der Waals surface area contributed by atoms with Crippen LogP contribution in [0.5, 0.6) is 0 Å². The third-order valence-electron chi connectivity index (χ3n) is 3.42. The van der Waals surface area contributed by atoms with Crippen molar-refractivity contribution >= 4 is 22.9 Å². The van der Waals surface area contributed by atoms with Crippen LogP contribution in [0.15, 0.2) is 54.2 Å². The molecule has 1 aromatic carbocycles. The summed E-state index contributed by atoms with van der Waals surface area (Å²) >= 11 is 7.66. The van der Waals surface area contributed by atoms with E-state index in [-0.39, 0.29) is 12.1 Å². The second-order valence-electron chi connectivity index (χ2n) is 4.99. The number of hydrogen-bond donors (Lipinski definition) is 1. The third-order valence-corrected chi connectivity index (χ3v) is 4.54. The van der Waals surface area contributed by atoms with Crippen LogP contribution >= 0.6 is 22.9 Å². The van der Waals surface area contributed by atoms with Gasteiger partial charge in [-0.2, -0.15) is 0 Å². The highest BCUT2D eigenvalue weighted by atomic mass is 35.5. The number of rotatable bonds is 4. The van der Waals surface area contributed by atoms with Crippen molar-refractivity contribution in [3.05, 3.63) is 64.8 Å². The molecule has 108 valence electrons. The molecule has 5 heteroatoms. The average molecular weight is 318 g/mol. The van der Waals surface area contributed by atoms with Gasteiger partial charge in [0.05, 0.1) is 10.9 Å². The molecule has 0 bridgehead atoms. The molecule has 21 heavy (non-hydrogen) atoms. The Bertz CT molecular complexity index is 701. The van der Waals surface area contributed by atoms with E-state index in [0.29, 0.717) is 0 Å². The lowest BCUT2D eigenvalue weighted by atomic mass is 10.0. The van der Waals surface area contributed by atoms with E-state index in [1.807, 2.05) is 49.6 Å². The summed E-state index contributed by atoms with van der Waals surface area (Å²) in [7, 11) is 0. The quantitative estimate of drug-likeness (QED) is 0.783. The topological polar surface area (TPSA) is 43.8 Å². The van der Waals surface area contributed by atoms with Crippen molar-refractivity contribution in [2.24, 2.45) is 5.73 Å². The van der Waals surface area contributed by atoms with E-state index < -0.39 is 0 Å². The lowest BCUT2D eigenvalue weighted by Gasteiger charge is -2.24. The van der Waals surface area contributed by atoms with Gasteiger partial charge in [-0.3, -0.25) is 0 Å². The number of imidazole rings is 1. The SMILES string of the molecule is CC(N)C(c1ccc(Cl)cc1)n1ccnc1-c1cccs1. The molecule has 0 amide bonds. The maximum Gasteiger partial charge on any atom is 0.150 e. The van der Waals surface area contributed by atoms with Gasteiger partial charge in [-0.25, -0.2) is 4.98 Å². The van der Waals surface area contributed by atoms with Crippen LogP contribution in [-0.2, 0) is 0 Å². The Morgan fingerprint density at radius 1 is 1.24 bits per heavy atom. The summed E-state index contributed by atoms with van der Waals surface area (Å²) in [4.78, 5) is 5.64. The van der Waals surface area contributed by atoms with Crippen LogP contribution in [0.3, 0.4) is 0 Å². The number of aromatic nitrogens is 2. The van der Waals surface area contributed by atoms with Crippen molar-refractivity contribution in [2.45, 2.75) is 19.0 Å². The molecule has 0 saturated carbocycles. The number of nitrogens with two attached hydrogens (primary N) is 1. The molecule has 2 heterocycles. The fourth-order valence-corrected chi connectivity index (χ4v) is 3.36. The fraction of sp³-hybridized carbons (Fsp3) is 0.188. The van der Waals surface area contributed by atoms with Crippen LogP contribution in [-0.4, -0.2) is 15.6 Å². The van der Waals surface area contributed by atoms with Gasteiger partial charge in [0.25, 0.3) is 0 Å². The highest BCUT2D eigenvalue weighted by Crippen LogP contribution is 2.30. The van der Waals surface area contributed by atoms with Crippen molar-refractivity contribution in [2.75, 3.05) is 0 Å². The third kappa shape index (κ3) is 2.88. The van der Waals surface area contributed by atoms with Crippen molar-refractivity contribution in [3.8, 4) is 10.7 Å². The number of hydrogen-bond acceptors (Lipinski definition) is 3. The summed E-state index contributed by atoms with van der Waals surface area (Å²) in [5.41, 5.74) is 7.37. The standard InChI is InChI=1S/C16H16ClN3S/c1-11(18)15(12-4-6-13(17)7-5-12)20-9-8-19-16(20)14-3-2-10-21-14/h2-11,15H,18H2,1H3. The second kappa shape index (κ2) is 6.02. The lowest BCUT2D eigenvalue weighted by molar-refractivity contribution is 0.500. The normalized spacial score (nSPS) is 14.0. The molecular formula is C16H16ClN3S. The molecule has 2 unspecified atom stereocenters. The molecule has 2 aromatic heterocycles. The summed E-state index contributed by atoms with van der Waals surface area (Å²) < 4.78 is 2.14. The van der Waals surface area contributed by atoms with Crippen LogP contribution in [0.1, 0.15) is 18.5 Å². The van der Waals surface area contributed by atoms with Crippen LogP contribution in [0.25, 0.3) is 10.7 Å². The molecule has 0 aliphatic carbocycles. The molecule has 2 atom stereocenters. The summed E-state index contributed by atoms with van der Waals surface area (Å²) in [5, 5.41) is 2.78. The molecule has 0 fully saturated rings. The average Bonchev–Trinajstić information content (AvgIpc) is 3.11. The first kappa shape index (κ1) is 14.3. The van der Waals surface area contributed by atoms with E-state index in [2.05, 4.69) is 21.0 Å². The molecule has 0 spiro atoms. The van der Waals surface area contributed by atoms with Crippen LogP contribution in [0.2, 0.25) is 5.02 Å².